The van der Waals surface area contributed by atoms with Crippen LogP contribution in [-0.4, -0.2) is 32.9 Å². The first kappa shape index (κ1) is 14.9. The highest BCUT2D eigenvalue weighted by molar-refractivity contribution is 6.32. The van der Waals surface area contributed by atoms with Gasteiger partial charge in [0.2, 0.25) is 0 Å². The van der Waals surface area contributed by atoms with E-state index in [-0.39, 0.29) is 6.03 Å². The minimum atomic E-state index is -0.224. The van der Waals surface area contributed by atoms with E-state index in [1.165, 1.54) is 0 Å². The Labute approximate surface area is 123 Å². The molecule has 1 aliphatic heterocycles. The summed E-state index contributed by atoms with van der Waals surface area (Å²) < 4.78 is 10.3. The predicted molar refractivity (Wildman–Crippen MR) is 78.6 cm³/mol. The van der Waals surface area contributed by atoms with Crippen molar-refractivity contribution in [3.63, 3.8) is 0 Å². The van der Waals surface area contributed by atoms with Crippen LogP contribution < -0.4 is 15.4 Å². The first-order chi connectivity index (χ1) is 9.69. The molecule has 0 bridgehead atoms. The number of nitrogens with one attached hydrogen (secondary N) is 2. The van der Waals surface area contributed by atoms with E-state index < -0.39 is 0 Å². The topological polar surface area (TPSA) is 59.6 Å². The predicted octanol–water partition coefficient (Wildman–Crippen LogP) is 2.90. The number of hydrogen-bond acceptors (Lipinski definition) is 3. The molecular weight excluding hydrogens is 280 g/mol. The Bertz CT molecular complexity index is 462. The van der Waals surface area contributed by atoms with E-state index in [9.17, 15) is 4.79 Å². The van der Waals surface area contributed by atoms with Gasteiger partial charge in [-0.25, -0.2) is 4.79 Å². The van der Waals surface area contributed by atoms with Gasteiger partial charge in [0.25, 0.3) is 0 Å². The highest BCUT2D eigenvalue weighted by Gasteiger charge is 2.14. The van der Waals surface area contributed by atoms with Crippen molar-refractivity contribution >= 4 is 23.3 Å². The summed E-state index contributed by atoms with van der Waals surface area (Å²) in [5.74, 6) is 1.08. The van der Waals surface area contributed by atoms with Crippen LogP contribution in [0.15, 0.2) is 18.2 Å². The zero-order valence-electron chi connectivity index (χ0n) is 11.4. The number of amides is 2. The quantitative estimate of drug-likeness (QED) is 0.898. The van der Waals surface area contributed by atoms with Gasteiger partial charge in [0.05, 0.1) is 12.1 Å². The standard InChI is InChI=1S/C14H19ClN2O3/c1-19-13-3-2-11(8-12(13)15)17-14(18)16-9-10-4-6-20-7-5-10/h2-3,8,10H,4-7,9H2,1H3,(H2,16,17,18). The fraction of sp³-hybridized carbons (Fsp3) is 0.500. The van der Waals surface area contributed by atoms with E-state index in [1.54, 1.807) is 25.3 Å². The average molecular weight is 299 g/mol. The van der Waals surface area contributed by atoms with Crippen LogP contribution in [0.1, 0.15) is 12.8 Å². The number of carbonyl (C=O) groups excluding carboxylic acids is 1. The molecule has 1 aromatic carbocycles. The van der Waals surface area contributed by atoms with Gasteiger partial charge >= 0.3 is 6.03 Å². The highest BCUT2D eigenvalue weighted by atomic mass is 35.5. The molecule has 1 heterocycles. The molecule has 6 heteroatoms. The molecule has 110 valence electrons. The normalized spacial score (nSPS) is 15.7. The molecule has 2 amide bonds. The van der Waals surface area contributed by atoms with E-state index in [4.69, 9.17) is 21.1 Å². The maximum Gasteiger partial charge on any atom is 0.319 e. The van der Waals surface area contributed by atoms with E-state index in [0.717, 1.165) is 26.1 Å². The lowest BCUT2D eigenvalue weighted by Crippen LogP contribution is -2.35. The van der Waals surface area contributed by atoms with Gasteiger partial charge in [-0.05, 0) is 37.0 Å². The summed E-state index contributed by atoms with van der Waals surface area (Å²) in [5.41, 5.74) is 0.639. The molecule has 1 saturated heterocycles. The number of anilines is 1. The van der Waals surface area contributed by atoms with Crippen LogP contribution in [0.5, 0.6) is 5.75 Å². The number of halogens is 1. The SMILES string of the molecule is COc1ccc(NC(=O)NCC2CCOCC2)cc1Cl. The number of methoxy groups -OCH3 is 1. The Hall–Kier alpha value is -1.46. The molecule has 20 heavy (non-hydrogen) atoms. The van der Waals surface area contributed by atoms with Gasteiger partial charge in [0, 0.05) is 25.4 Å². The number of ether oxygens (including phenoxy) is 2. The first-order valence-electron chi connectivity index (χ1n) is 6.65. The van der Waals surface area contributed by atoms with Crippen LogP contribution in [0.2, 0.25) is 5.02 Å². The van der Waals surface area contributed by atoms with E-state index >= 15 is 0 Å². The van der Waals surface area contributed by atoms with Crippen molar-refractivity contribution in [2.75, 3.05) is 32.2 Å². The Balaban J connectivity index is 1.80. The van der Waals surface area contributed by atoms with E-state index in [0.29, 0.717) is 28.9 Å². The second-order valence-electron chi connectivity index (χ2n) is 4.74. The number of urea groups is 1. The molecule has 2 rings (SSSR count). The second-order valence-corrected chi connectivity index (χ2v) is 5.15. The van der Waals surface area contributed by atoms with Crippen molar-refractivity contribution in [2.45, 2.75) is 12.8 Å². The summed E-state index contributed by atoms with van der Waals surface area (Å²) in [4.78, 5) is 11.8. The largest absolute Gasteiger partial charge is 0.495 e. The van der Waals surface area contributed by atoms with Crippen LogP contribution in [0.3, 0.4) is 0 Å². The molecule has 1 fully saturated rings. The summed E-state index contributed by atoms with van der Waals surface area (Å²) in [6.07, 6.45) is 1.99. The maximum atomic E-state index is 11.8. The van der Waals surface area contributed by atoms with Gasteiger partial charge in [0.15, 0.2) is 0 Å². The smallest absolute Gasteiger partial charge is 0.319 e. The maximum absolute atomic E-state index is 11.8. The van der Waals surface area contributed by atoms with Gasteiger partial charge in [-0.2, -0.15) is 0 Å². The Morgan fingerprint density at radius 1 is 1.45 bits per heavy atom. The molecule has 0 aromatic heterocycles. The van der Waals surface area contributed by atoms with Gasteiger partial charge in [0.1, 0.15) is 5.75 Å². The third-order valence-electron chi connectivity index (χ3n) is 3.30. The monoisotopic (exact) mass is 298 g/mol. The molecule has 1 aromatic rings. The summed E-state index contributed by atoms with van der Waals surface area (Å²) in [6, 6.07) is 4.90. The lowest BCUT2D eigenvalue weighted by Gasteiger charge is -2.22. The Morgan fingerprint density at radius 2 is 2.20 bits per heavy atom. The highest BCUT2D eigenvalue weighted by Crippen LogP contribution is 2.27. The van der Waals surface area contributed by atoms with Crippen LogP contribution in [-0.2, 0) is 4.74 Å². The number of benzene rings is 1. The average Bonchev–Trinajstić information content (AvgIpc) is 2.46. The summed E-state index contributed by atoms with van der Waals surface area (Å²) >= 11 is 6.00. The zero-order valence-corrected chi connectivity index (χ0v) is 12.2. The molecule has 1 aliphatic rings. The van der Waals surface area contributed by atoms with Crippen molar-refractivity contribution in [1.29, 1.82) is 0 Å². The van der Waals surface area contributed by atoms with Crippen molar-refractivity contribution in [3.05, 3.63) is 23.2 Å². The Morgan fingerprint density at radius 3 is 2.85 bits per heavy atom. The lowest BCUT2D eigenvalue weighted by atomic mass is 10.0. The van der Waals surface area contributed by atoms with Crippen LogP contribution in [0.25, 0.3) is 0 Å². The fourth-order valence-corrected chi connectivity index (χ4v) is 2.36. The number of rotatable bonds is 4. The van der Waals surface area contributed by atoms with Crippen molar-refractivity contribution in [1.82, 2.24) is 5.32 Å². The van der Waals surface area contributed by atoms with Crippen LogP contribution >= 0.6 is 11.6 Å². The summed E-state index contributed by atoms with van der Waals surface area (Å²) in [6.45, 7) is 2.23. The molecule has 2 N–H and O–H groups in total. The van der Waals surface area contributed by atoms with Gasteiger partial charge < -0.3 is 20.1 Å². The van der Waals surface area contributed by atoms with E-state index in [1.807, 2.05) is 0 Å². The summed E-state index contributed by atoms with van der Waals surface area (Å²) in [7, 11) is 1.55. The molecule has 0 spiro atoms. The summed E-state index contributed by atoms with van der Waals surface area (Å²) in [5, 5.41) is 6.09. The number of carbonyl (C=O) groups is 1. The third-order valence-corrected chi connectivity index (χ3v) is 3.60. The molecular formula is C14H19ClN2O3. The van der Waals surface area contributed by atoms with Crippen LogP contribution in [0.4, 0.5) is 10.5 Å². The molecule has 0 saturated carbocycles. The van der Waals surface area contributed by atoms with Crippen molar-refractivity contribution < 1.29 is 14.3 Å². The zero-order chi connectivity index (χ0) is 14.4. The first-order valence-corrected chi connectivity index (χ1v) is 7.03. The van der Waals surface area contributed by atoms with Gasteiger partial charge in [-0.1, -0.05) is 11.6 Å². The molecule has 0 radical (unpaired) electrons. The van der Waals surface area contributed by atoms with Gasteiger partial charge in [-0.3, -0.25) is 0 Å². The molecule has 5 nitrogen and oxygen atoms in total. The van der Waals surface area contributed by atoms with Crippen LogP contribution in [0, 0.1) is 5.92 Å². The fourth-order valence-electron chi connectivity index (χ4n) is 2.11. The molecule has 0 unspecified atom stereocenters. The second kappa shape index (κ2) is 7.36. The molecule has 0 atom stereocenters. The van der Waals surface area contributed by atoms with Crippen molar-refractivity contribution in [2.24, 2.45) is 5.92 Å². The minimum absolute atomic E-state index is 0.224. The lowest BCUT2D eigenvalue weighted by molar-refractivity contribution is 0.0671. The Kier molecular flexibility index (Phi) is 5.49. The van der Waals surface area contributed by atoms with Gasteiger partial charge in [-0.15, -0.1) is 0 Å². The number of hydrogen-bond donors (Lipinski definition) is 2. The molecule has 0 aliphatic carbocycles. The van der Waals surface area contributed by atoms with Crippen molar-refractivity contribution in [3.8, 4) is 5.75 Å². The minimum Gasteiger partial charge on any atom is -0.495 e. The third kappa shape index (κ3) is 4.28. The van der Waals surface area contributed by atoms with E-state index in [2.05, 4.69) is 10.6 Å².